The summed E-state index contributed by atoms with van der Waals surface area (Å²) in [5, 5.41) is 32.8. The van der Waals surface area contributed by atoms with Crippen molar-refractivity contribution in [3.63, 3.8) is 0 Å². The first-order chi connectivity index (χ1) is 19.5. The zero-order valence-corrected chi connectivity index (χ0v) is 23.6. The van der Waals surface area contributed by atoms with E-state index in [-0.39, 0.29) is 35.5 Å². The van der Waals surface area contributed by atoms with E-state index in [4.69, 9.17) is 0 Å². The molecule has 0 spiro atoms. The minimum atomic E-state index is -1.64. The molecule has 2 fully saturated rings. The normalized spacial score (nSPS) is 20.6. The Hall–Kier alpha value is -4.04. The Labute approximate surface area is 238 Å². The minimum Gasteiger partial charge on any atom is -0.387 e. The van der Waals surface area contributed by atoms with Crippen LogP contribution in [-0.4, -0.2) is 61.9 Å². The first-order valence-electron chi connectivity index (χ1n) is 14.1. The Morgan fingerprint density at radius 1 is 1.20 bits per heavy atom. The fourth-order valence-electron chi connectivity index (χ4n) is 5.05. The van der Waals surface area contributed by atoms with Gasteiger partial charge in [0.1, 0.15) is 12.2 Å². The molecule has 41 heavy (non-hydrogen) atoms. The van der Waals surface area contributed by atoms with Crippen molar-refractivity contribution in [1.82, 2.24) is 25.2 Å². The van der Waals surface area contributed by atoms with Crippen LogP contribution >= 0.6 is 0 Å². The van der Waals surface area contributed by atoms with Gasteiger partial charge in [-0.2, -0.15) is 10.4 Å². The van der Waals surface area contributed by atoms with Gasteiger partial charge in [0.15, 0.2) is 0 Å². The monoisotopic (exact) mass is 561 g/mol. The van der Waals surface area contributed by atoms with Crippen LogP contribution in [0, 0.1) is 16.7 Å². The Morgan fingerprint density at radius 2 is 1.90 bits per heavy atom. The number of nitriles is 1. The predicted octanol–water partition coefficient (Wildman–Crippen LogP) is 3.75. The lowest BCUT2D eigenvalue weighted by atomic mass is 9.90. The average Bonchev–Trinajstić information content (AvgIpc) is 3.57. The fourth-order valence-corrected chi connectivity index (χ4v) is 5.05. The maximum absolute atomic E-state index is 14.4. The molecule has 10 nitrogen and oxygen atoms in total. The van der Waals surface area contributed by atoms with E-state index >= 15 is 0 Å². The second-order valence-corrected chi connectivity index (χ2v) is 12.1. The Morgan fingerprint density at radius 3 is 2.56 bits per heavy atom. The summed E-state index contributed by atoms with van der Waals surface area (Å²) in [6.07, 6.45) is 6.42. The molecule has 1 atom stereocenters. The number of hydrogen-bond donors (Lipinski definition) is 4. The smallest absolute Gasteiger partial charge is 0.255 e. The topological polar surface area (TPSA) is 144 Å². The molecule has 0 aromatic carbocycles. The third-order valence-electron chi connectivity index (χ3n) is 8.22. The molecule has 0 saturated heterocycles. The number of aliphatic hydroxyl groups is 1. The van der Waals surface area contributed by atoms with Crippen LogP contribution in [0.3, 0.4) is 0 Å². The van der Waals surface area contributed by atoms with E-state index in [0.29, 0.717) is 22.6 Å². The van der Waals surface area contributed by atoms with Gasteiger partial charge in [-0.25, -0.2) is 8.91 Å². The Kier molecular flexibility index (Phi) is 7.70. The molecule has 2 saturated carbocycles. The molecule has 11 heteroatoms. The number of nitrogens with one attached hydrogen (secondary N) is 3. The van der Waals surface area contributed by atoms with Crippen LogP contribution in [0.25, 0.3) is 16.9 Å². The lowest BCUT2D eigenvalue weighted by Gasteiger charge is -2.31. The molecule has 2 aliphatic carbocycles. The van der Waals surface area contributed by atoms with Gasteiger partial charge in [-0.15, -0.1) is 0 Å². The lowest BCUT2D eigenvalue weighted by molar-refractivity contribution is -0.126. The summed E-state index contributed by atoms with van der Waals surface area (Å²) in [7, 11) is 0. The van der Waals surface area contributed by atoms with E-state index in [9.17, 15) is 24.3 Å². The number of anilines is 1. The van der Waals surface area contributed by atoms with E-state index in [1.165, 1.54) is 26.2 Å². The predicted molar refractivity (Wildman–Crippen MR) is 152 cm³/mol. The second-order valence-electron chi connectivity index (χ2n) is 12.1. The van der Waals surface area contributed by atoms with Gasteiger partial charge in [-0.3, -0.25) is 14.6 Å². The number of carbonyl (C=O) groups excluding carboxylic acids is 2. The molecule has 3 aromatic rings. The van der Waals surface area contributed by atoms with Gasteiger partial charge in [0, 0.05) is 23.7 Å². The highest BCUT2D eigenvalue weighted by molar-refractivity contribution is 6.00. The number of amides is 2. The van der Waals surface area contributed by atoms with Crippen LogP contribution in [0.2, 0.25) is 0 Å². The Bertz CT molecular complexity index is 1490. The zero-order valence-electron chi connectivity index (χ0n) is 23.6. The molecule has 0 radical (unpaired) electrons. The maximum Gasteiger partial charge on any atom is 0.255 e. The third kappa shape index (κ3) is 6.33. The molecular formula is C30H36FN7O3. The molecule has 0 unspecified atom stereocenters. The summed E-state index contributed by atoms with van der Waals surface area (Å²) in [4.78, 5) is 30.2. The van der Waals surface area contributed by atoms with E-state index < -0.39 is 17.7 Å². The molecule has 216 valence electrons. The molecule has 2 aliphatic rings. The van der Waals surface area contributed by atoms with E-state index in [2.05, 4.69) is 32.1 Å². The van der Waals surface area contributed by atoms with Crippen molar-refractivity contribution in [2.75, 3.05) is 11.9 Å². The molecule has 3 aromatic heterocycles. The van der Waals surface area contributed by atoms with Crippen molar-refractivity contribution in [3.8, 4) is 17.5 Å². The molecule has 0 bridgehead atoms. The van der Waals surface area contributed by atoms with Crippen molar-refractivity contribution >= 4 is 23.0 Å². The Balaban J connectivity index is 1.36. The van der Waals surface area contributed by atoms with Gasteiger partial charge in [-0.05, 0) is 76.6 Å². The number of pyridine rings is 1. The van der Waals surface area contributed by atoms with Gasteiger partial charge >= 0.3 is 0 Å². The summed E-state index contributed by atoms with van der Waals surface area (Å²) in [5.41, 5.74) is 1.45. The van der Waals surface area contributed by atoms with Crippen LogP contribution in [0.15, 0.2) is 36.7 Å². The largest absolute Gasteiger partial charge is 0.387 e. The van der Waals surface area contributed by atoms with Crippen LogP contribution in [-0.2, 0) is 4.79 Å². The quantitative estimate of drug-likeness (QED) is 0.311. The number of hydrogen-bond acceptors (Lipinski definition) is 7. The number of fused-ring (bicyclic) bond motifs is 1. The highest BCUT2D eigenvalue weighted by atomic mass is 19.1. The first kappa shape index (κ1) is 28.5. The number of aromatic nitrogens is 3. The van der Waals surface area contributed by atoms with Gasteiger partial charge in [0.05, 0.1) is 52.1 Å². The molecular weight excluding hydrogens is 525 g/mol. The molecule has 0 aliphatic heterocycles. The van der Waals surface area contributed by atoms with Gasteiger partial charge < -0.3 is 21.1 Å². The van der Waals surface area contributed by atoms with Gasteiger partial charge in [0.2, 0.25) is 5.91 Å². The highest BCUT2D eigenvalue weighted by Crippen LogP contribution is 2.45. The number of halogens is 1. The number of carbonyl (C=O) groups is 2. The average molecular weight is 562 g/mol. The van der Waals surface area contributed by atoms with Crippen LogP contribution in [0.5, 0.6) is 0 Å². The molecule has 3 heterocycles. The van der Waals surface area contributed by atoms with E-state index in [1.54, 1.807) is 16.6 Å². The van der Waals surface area contributed by atoms with Crippen molar-refractivity contribution < 1.29 is 19.1 Å². The van der Waals surface area contributed by atoms with Crippen molar-refractivity contribution in [2.24, 2.45) is 5.41 Å². The molecule has 5 rings (SSSR count). The molecule has 4 N–H and O–H groups in total. The summed E-state index contributed by atoms with van der Waals surface area (Å²) < 4.78 is 16.0. The standard InChI is InChI=1S/C30H36FN7O3/c1-29(2,41)26(31)17-34-27(39)22-16-33-24(25-9-8-21-12-18(14-32)15-35-38(21)25)13-23(22)36-19-4-6-20(7-5-19)37-28(40)30(3)10-11-30/h8-9,12-13,15-16,19-20,26,41H,4-7,10-11,17H2,1-3H3,(H,33,36)(H,34,39)(H,37,40)/t19-,20-,26-/m1/s1. The van der Waals surface area contributed by atoms with Crippen LogP contribution in [0.4, 0.5) is 10.1 Å². The maximum atomic E-state index is 14.4. The summed E-state index contributed by atoms with van der Waals surface area (Å²) in [6.45, 7) is 4.36. The fraction of sp³-hybridized carbons (Fsp3) is 0.500. The van der Waals surface area contributed by atoms with E-state index in [1.807, 2.05) is 19.1 Å². The van der Waals surface area contributed by atoms with E-state index in [0.717, 1.165) is 44.0 Å². The summed E-state index contributed by atoms with van der Waals surface area (Å²) >= 11 is 0. The highest BCUT2D eigenvalue weighted by Gasteiger charge is 2.45. The van der Waals surface area contributed by atoms with Crippen molar-refractivity contribution in [3.05, 3.63) is 47.8 Å². The lowest BCUT2D eigenvalue weighted by Crippen LogP contribution is -2.43. The number of rotatable bonds is 9. The summed E-state index contributed by atoms with van der Waals surface area (Å²) in [6, 6.07) is 9.48. The molecule has 2 amide bonds. The van der Waals surface area contributed by atoms with Gasteiger partial charge in [-0.1, -0.05) is 6.92 Å². The SMILES string of the molecule is CC1(C(=O)N[C@H]2CC[C@H](Nc3cc(-c4ccc5cc(C#N)cnn45)ncc3C(=O)NC[C@@H](F)C(C)(C)O)CC2)CC1. The van der Waals surface area contributed by atoms with Crippen LogP contribution in [0.1, 0.15) is 75.2 Å². The third-order valence-corrected chi connectivity index (χ3v) is 8.22. The van der Waals surface area contributed by atoms with Crippen LogP contribution < -0.4 is 16.0 Å². The van der Waals surface area contributed by atoms with Crippen molar-refractivity contribution in [2.45, 2.75) is 83.2 Å². The number of alkyl halides is 1. The van der Waals surface area contributed by atoms with Crippen molar-refractivity contribution in [1.29, 1.82) is 5.26 Å². The van der Waals surface area contributed by atoms with Gasteiger partial charge in [0.25, 0.3) is 5.91 Å². The number of nitrogens with zero attached hydrogens (tertiary/aromatic N) is 4. The summed E-state index contributed by atoms with van der Waals surface area (Å²) in [5.74, 6) is -0.368. The zero-order chi connectivity index (χ0) is 29.4. The first-order valence-corrected chi connectivity index (χ1v) is 14.1. The minimum absolute atomic E-state index is 0.0622. The second kappa shape index (κ2) is 11.1.